The summed E-state index contributed by atoms with van der Waals surface area (Å²) in [5.74, 6) is 1.28. The van der Waals surface area contributed by atoms with Gasteiger partial charge in [-0.15, -0.1) is 0 Å². The summed E-state index contributed by atoms with van der Waals surface area (Å²) < 4.78 is 10.4. The van der Waals surface area contributed by atoms with Crippen LogP contribution in [0.3, 0.4) is 0 Å². The highest BCUT2D eigenvalue weighted by atomic mass is 16.5. The maximum Gasteiger partial charge on any atom is 0.318 e. The molecule has 0 spiro atoms. The highest BCUT2D eigenvalue weighted by Crippen LogP contribution is 2.33. The van der Waals surface area contributed by atoms with Crippen LogP contribution in [0.15, 0.2) is 18.2 Å². The zero-order valence-corrected chi connectivity index (χ0v) is 11.0. The first kappa shape index (κ1) is 13.5. The van der Waals surface area contributed by atoms with Gasteiger partial charge in [0.25, 0.3) is 0 Å². The third kappa shape index (κ3) is 2.58. The van der Waals surface area contributed by atoms with E-state index in [1.807, 2.05) is 18.2 Å². The van der Waals surface area contributed by atoms with E-state index in [1.54, 1.807) is 19.1 Å². The van der Waals surface area contributed by atoms with Crippen LogP contribution in [0.4, 0.5) is 4.79 Å². The lowest BCUT2D eigenvalue weighted by Crippen LogP contribution is -2.32. The number of amides is 2. The van der Waals surface area contributed by atoms with Crippen molar-refractivity contribution >= 4 is 6.03 Å². The number of nitrogens with zero attached hydrogens (tertiary/aromatic N) is 1. The van der Waals surface area contributed by atoms with Crippen molar-refractivity contribution in [1.29, 1.82) is 0 Å². The van der Waals surface area contributed by atoms with Crippen molar-refractivity contribution in [2.75, 3.05) is 33.9 Å². The Hall–Kier alpha value is -1.95. The van der Waals surface area contributed by atoms with Crippen LogP contribution >= 0.6 is 0 Å². The Labute approximate surface area is 111 Å². The van der Waals surface area contributed by atoms with Crippen molar-refractivity contribution in [3.8, 4) is 11.5 Å². The number of hydrogen-bond donors (Lipinski definition) is 2. The van der Waals surface area contributed by atoms with E-state index in [0.717, 1.165) is 5.56 Å². The molecule has 1 aromatic carbocycles. The monoisotopic (exact) mass is 266 g/mol. The zero-order chi connectivity index (χ0) is 13.8. The van der Waals surface area contributed by atoms with Gasteiger partial charge in [-0.3, -0.25) is 0 Å². The Morgan fingerprint density at radius 1 is 1.37 bits per heavy atom. The number of β-amino-alcohol motifs (C(OH)–C–C–N with tert-alkyl or cyclic N) is 1. The molecule has 1 aliphatic heterocycles. The third-order valence-electron chi connectivity index (χ3n) is 3.22. The summed E-state index contributed by atoms with van der Waals surface area (Å²) in [5.41, 5.74) is 0.949. The molecule has 1 heterocycles. The van der Waals surface area contributed by atoms with Gasteiger partial charge in [-0.1, -0.05) is 6.07 Å². The third-order valence-corrected chi connectivity index (χ3v) is 3.22. The van der Waals surface area contributed by atoms with Crippen molar-refractivity contribution in [2.45, 2.75) is 6.04 Å². The number of urea groups is 1. The molecule has 0 aliphatic carbocycles. The summed E-state index contributed by atoms with van der Waals surface area (Å²) in [7, 11) is 3.15. The van der Waals surface area contributed by atoms with E-state index in [4.69, 9.17) is 14.6 Å². The van der Waals surface area contributed by atoms with E-state index < -0.39 is 0 Å². The smallest absolute Gasteiger partial charge is 0.318 e. The summed E-state index contributed by atoms with van der Waals surface area (Å²) in [4.78, 5) is 13.3. The fourth-order valence-electron chi connectivity index (χ4n) is 2.26. The number of benzene rings is 1. The number of methoxy groups -OCH3 is 2. The topological polar surface area (TPSA) is 71.0 Å². The number of ether oxygens (including phenoxy) is 2. The number of rotatable bonds is 5. The molecule has 1 atom stereocenters. The Morgan fingerprint density at radius 3 is 2.74 bits per heavy atom. The number of nitrogens with one attached hydrogen (secondary N) is 1. The lowest BCUT2D eigenvalue weighted by atomic mass is 10.1. The van der Waals surface area contributed by atoms with Crippen LogP contribution in [0.25, 0.3) is 0 Å². The van der Waals surface area contributed by atoms with Crippen LogP contribution in [0.2, 0.25) is 0 Å². The van der Waals surface area contributed by atoms with Gasteiger partial charge in [0.05, 0.1) is 26.9 Å². The van der Waals surface area contributed by atoms with Gasteiger partial charge < -0.3 is 24.8 Å². The fraction of sp³-hybridized carbons (Fsp3) is 0.462. The van der Waals surface area contributed by atoms with Crippen LogP contribution in [-0.4, -0.2) is 50.0 Å². The Kier molecular flexibility index (Phi) is 4.11. The normalized spacial score (nSPS) is 18.4. The summed E-state index contributed by atoms with van der Waals surface area (Å²) in [6.45, 7) is 0.774. The van der Waals surface area contributed by atoms with E-state index in [2.05, 4.69) is 5.32 Å². The standard InChI is InChI=1S/C13H18N2O4/c1-18-11-4-3-9(7-12(11)19-2)10-8-14-13(17)15(10)5-6-16/h3-4,7,10,16H,5-6,8H2,1-2H3,(H,14,17). The molecular formula is C13H18N2O4. The van der Waals surface area contributed by atoms with Crippen LogP contribution in [0, 0.1) is 0 Å². The maximum absolute atomic E-state index is 11.7. The van der Waals surface area contributed by atoms with Gasteiger partial charge in [-0.25, -0.2) is 4.79 Å². The molecule has 1 unspecified atom stereocenters. The van der Waals surface area contributed by atoms with Gasteiger partial charge in [0.1, 0.15) is 0 Å². The minimum absolute atomic E-state index is 0.0583. The van der Waals surface area contributed by atoms with Gasteiger partial charge in [0.15, 0.2) is 11.5 Å². The SMILES string of the molecule is COc1ccc(C2CNC(=O)N2CCO)cc1OC. The molecule has 2 amide bonds. The van der Waals surface area contributed by atoms with Gasteiger partial charge in [0.2, 0.25) is 0 Å². The minimum Gasteiger partial charge on any atom is -0.493 e. The maximum atomic E-state index is 11.7. The van der Waals surface area contributed by atoms with Crippen molar-refractivity contribution in [3.05, 3.63) is 23.8 Å². The number of carbonyl (C=O) groups excluding carboxylic acids is 1. The van der Waals surface area contributed by atoms with Crippen molar-refractivity contribution in [3.63, 3.8) is 0 Å². The molecule has 6 heteroatoms. The molecule has 1 fully saturated rings. The first-order valence-electron chi connectivity index (χ1n) is 6.08. The average Bonchev–Trinajstić information content (AvgIpc) is 2.80. The van der Waals surface area contributed by atoms with Gasteiger partial charge in [0, 0.05) is 13.1 Å². The number of hydrogen-bond acceptors (Lipinski definition) is 4. The Morgan fingerprint density at radius 2 is 2.11 bits per heavy atom. The van der Waals surface area contributed by atoms with Gasteiger partial charge >= 0.3 is 6.03 Å². The number of aliphatic hydroxyl groups is 1. The number of carbonyl (C=O) groups is 1. The zero-order valence-electron chi connectivity index (χ0n) is 11.0. The second kappa shape index (κ2) is 5.79. The van der Waals surface area contributed by atoms with Crippen molar-refractivity contribution < 1.29 is 19.4 Å². The molecule has 0 aromatic heterocycles. The highest BCUT2D eigenvalue weighted by Gasteiger charge is 2.31. The molecule has 1 aromatic rings. The largest absolute Gasteiger partial charge is 0.493 e. The van der Waals surface area contributed by atoms with E-state index >= 15 is 0 Å². The summed E-state index contributed by atoms with van der Waals surface area (Å²) in [5, 5.41) is 11.8. The number of aliphatic hydroxyl groups excluding tert-OH is 1. The lowest BCUT2D eigenvalue weighted by Gasteiger charge is -2.23. The quantitative estimate of drug-likeness (QED) is 0.825. The van der Waals surface area contributed by atoms with Gasteiger partial charge in [-0.05, 0) is 17.7 Å². The van der Waals surface area contributed by atoms with E-state index in [9.17, 15) is 4.79 Å². The van der Waals surface area contributed by atoms with Crippen LogP contribution < -0.4 is 14.8 Å². The lowest BCUT2D eigenvalue weighted by molar-refractivity contribution is 0.179. The van der Waals surface area contributed by atoms with E-state index in [0.29, 0.717) is 24.6 Å². The summed E-state index contributed by atoms with van der Waals surface area (Å²) in [6.07, 6.45) is 0. The molecule has 104 valence electrons. The summed E-state index contributed by atoms with van der Waals surface area (Å²) >= 11 is 0. The van der Waals surface area contributed by atoms with Crippen LogP contribution in [0.1, 0.15) is 11.6 Å². The molecule has 1 saturated heterocycles. The molecule has 0 radical (unpaired) electrons. The Balaban J connectivity index is 2.28. The minimum atomic E-state index is -0.158. The second-order valence-corrected chi connectivity index (χ2v) is 4.23. The second-order valence-electron chi connectivity index (χ2n) is 4.23. The predicted octanol–water partition coefficient (Wildman–Crippen LogP) is 0.762. The van der Waals surface area contributed by atoms with Gasteiger partial charge in [-0.2, -0.15) is 0 Å². The van der Waals surface area contributed by atoms with Crippen molar-refractivity contribution in [1.82, 2.24) is 10.2 Å². The van der Waals surface area contributed by atoms with Crippen LogP contribution in [0.5, 0.6) is 11.5 Å². The molecule has 6 nitrogen and oxygen atoms in total. The Bertz CT molecular complexity index is 464. The molecular weight excluding hydrogens is 248 g/mol. The highest BCUT2D eigenvalue weighted by molar-refractivity contribution is 5.77. The molecule has 19 heavy (non-hydrogen) atoms. The molecule has 1 aliphatic rings. The van der Waals surface area contributed by atoms with E-state index in [-0.39, 0.29) is 18.7 Å². The molecule has 2 N–H and O–H groups in total. The van der Waals surface area contributed by atoms with E-state index in [1.165, 1.54) is 0 Å². The van der Waals surface area contributed by atoms with Crippen molar-refractivity contribution in [2.24, 2.45) is 0 Å². The first-order valence-corrected chi connectivity index (χ1v) is 6.08. The van der Waals surface area contributed by atoms with Crippen LogP contribution in [-0.2, 0) is 0 Å². The molecule has 0 bridgehead atoms. The first-order chi connectivity index (χ1) is 9.21. The molecule has 2 rings (SSSR count). The summed E-state index contributed by atoms with van der Waals surface area (Å²) in [6, 6.07) is 5.31. The predicted molar refractivity (Wildman–Crippen MR) is 69.5 cm³/mol. The average molecular weight is 266 g/mol. The molecule has 0 saturated carbocycles. The fourth-order valence-corrected chi connectivity index (χ4v) is 2.26.